The first-order valence-electron chi connectivity index (χ1n) is 5.21. The Kier molecular flexibility index (Phi) is 2.18. The van der Waals surface area contributed by atoms with Gasteiger partial charge < -0.3 is 0 Å². The van der Waals surface area contributed by atoms with Gasteiger partial charge in [-0.25, -0.2) is 4.79 Å². The van der Waals surface area contributed by atoms with Crippen LogP contribution >= 0.6 is 0 Å². The van der Waals surface area contributed by atoms with Crippen LogP contribution in [-0.2, 0) is 20.5 Å². The Morgan fingerprint density at radius 2 is 1.67 bits per heavy atom. The minimum absolute atomic E-state index is 0.0395. The molecular formula is C12H16N2O. The zero-order chi connectivity index (χ0) is 11.2. The molecule has 0 atom stereocenters. The van der Waals surface area contributed by atoms with E-state index in [2.05, 4.69) is 26.0 Å². The van der Waals surface area contributed by atoms with E-state index in [1.165, 1.54) is 11.1 Å². The van der Waals surface area contributed by atoms with Gasteiger partial charge in [0, 0.05) is 14.1 Å². The standard InChI is InChI=1S/C12H16N2O/c1-5-9-7-11-10(6-8(9)2)13(3)12(15)14(11)4/h6-7H,5H2,1-4H3. The summed E-state index contributed by atoms with van der Waals surface area (Å²) >= 11 is 0. The van der Waals surface area contributed by atoms with Gasteiger partial charge in [0.2, 0.25) is 0 Å². The van der Waals surface area contributed by atoms with Crippen LogP contribution < -0.4 is 5.69 Å². The van der Waals surface area contributed by atoms with Crippen LogP contribution in [0.1, 0.15) is 18.1 Å². The molecule has 0 N–H and O–H groups in total. The first-order valence-corrected chi connectivity index (χ1v) is 5.21. The van der Waals surface area contributed by atoms with Gasteiger partial charge in [0.05, 0.1) is 11.0 Å². The van der Waals surface area contributed by atoms with Crippen LogP contribution in [0.15, 0.2) is 16.9 Å². The molecule has 0 saturated carbocycles. The summed E-state index contributed by atoms with van der Waals surface area (Å²) in [6.07, 6.45) is 1.00. The molecule has 0 amide bonds. The summed E-state index contributed by atoms with van der Waals surface area (Å²) in [6, 6.07) is 4.21. The molecule has 0 fully saturated rings. The molecule has 2 aromatic rings. The van der Waals surface area contributed by atoms with Crippen LogP contribution in [0.25, 0.3) is 11.0 Å². The van der Waals surface area contributed by atoms with E-state index in [1.54, 1.807) is 9.13 Å². The van der Waals surface area contributed by atoms with Crippen molar-refractivity contribution in [3.63, 3.8) is 0 Å². The topological polar surface area (TPSA) is 26.9 Å². The maximum absolute atomic E-state index is 11.7. The normalized spacial score (nSPS) is 11.2. The van der Waals surface area contributed by atoms with E-state index >= 15 is 0 Å². The molecule has 1 aromatic heterocycles. The first kappa shape index (κ1) is 10.0. The van der Waals surface area contributed by atoms with E-state index in [1.807, 2.05) is 14.1 Å². The predicted molar refractivity (Wildman–Crippen MR) is 62.3 cm³/mol. The van der Waals surface area contributed by atoms with Crippen molar-refractivity contribution in [1.29, 1.82) is 0 Å². The molecule has 2 rings (SSSR count). The fourth-order valence-electron chi connectivity index (χ4n) is 2.07. The highest BCUT2D eigenvalue weighted by Crippen LogP contribution is 2.18. The van der Waals surface area contributed by atoms with Crippen molar-refractivity contribution in [2.45, 2.75) is 20.3 Å². The summed E-state index contributed by atoms with van der Waals surface area (Å²) in [5, 5.41) is 0. The number of imidazole rings is 1. The Balaban J connectivity index is 2.94. The number of aromatic nitrogens is 2. The summed E-state index contributed by atoms with van der Waals surface area (Å²) in [7, 11) is 3.63. The fourth-order valence-corrected chi connectivity index (χ4v) is 2.07. The van der Waals surface area contributed by atoms with Crippen molar-refractivity contribution in [3.8, 4) is 0 Å². The van der Waals surface area contributed by atoms with Crippen LogP contribution in [0.5, 0.6) is 0 Å². The van der Waals surface area contributed by atoms with Gasteiger partial charge in [0.1, 0.15) is 0 Å². The van der Waals surface area contributed by atoms with Crippen LogP contribution in [0.3, 0.4) is 0 Å². The summed E-state index contributed by atoms with van der Waals surface area (Å²) in [6.45, 7) is 4.23. The molecule has 0 saturated heterocycles. The quantitative estimate of drug-likeness (QED) is 0.695. The lowest BCUT2D eigenvalue weighted by molar-refractivity contribution is 0.795. The summed E-state index contributed by atoms with van der Waals surface area (Å²) in [5.74, 6) is 0. The summed E-state index contributed by atoms with van der Waals surface area (Å²) in [4.78, 5) is 11.7. The van der Waals surface area contributed by atoms with Gasteiger partial charge in [0.25, 0.3) is 0 Å². The lowest BCUT2D eigenvalue weighted by Crippen LogP contribution is -2.19. The predicted octanol–water partition coefficient (Wildman–Crippen LogP) is 1.75. The van der Waals surface area contributed by atoms with E-state index in [0.29, 0.717) is 0 Å². The molecule has 1 heterocycles. The highest BCUT2D eigenvalue weighted by Gasteiger charge is 2.09. The number of aryl methyl sites for hydroxylation is 4. The molecule has 0 radical (unpaired) electrons. The molecule has 0 bridgehead atoms. The van der Waals surface area contributed by atoms with Crippen molar-refractivity contribution < 1.29 is 0 Å². The lowest BCUT2D eigenvalue weighted by Gasteiger charge is -2.04. The van der Waals surface area contributed by atoms with E-state index in [4.69, 9.17) is 0 Å². The Morgan fingerprint density at radius 1 is 1.13 bits per heavy atom. The number of fused-ring (bicyclic) bond motifs is 1. The first-order chi connectivity index (χ1) is 7.06. The summed E-state index contributed by atoms with van der Waals surface area (Å²) < 4.78 is 3.40. The molecule has 0 unspecified atom stereocenters. The Labute approximate surface area is 88.9 Å². The SMILES string of the molecule is CCc1cc2c(cc1C)n(C)c(=O)n2C. The third-order valence-corrected chi connectivity index (χ3v) is 3.11. The number of hydrogen-bond acceptors (Lipinski definition) is 1. The minimum Gasteiger partial charge on any atom is -0.295 e. The van der Waals surface area contributed by atoms with Gasteiger partial charge in [-0.2, -0.15) is 0 Å². The van der Waals surface area contributed by atoms with Gasteiger partial charge >= 0.3 is 5.69 Å². The van der Waals surface area contributed by atoms with Crippen molar-refractivity contribution in [1.82, 2.24) is 9.13 Å². The molecule has 0 aliphatic rings. The average molecular weight is 204 g/mol. The molecule has 3 nitrogen and oxygen atoms in total. The van der Waals surface area contributed by atoms with Gasteiger partial charge in [-0.1, -0.05) is 6.92 Å². The molecule has 80 valence electrons. The van der Waals surface area contributed by atoms with E-state index < -0.39 is 0 Å². The van der Waals surface area contributed by atoms with Crippen LogP contribution in [0.4, 0.5) is 0 Å². The van der Waals surface area contributed by atoms with Crippen LogP contribution in [0.2, 0.25) is 0 Å². The fraction of sp³-hybridized carbons (Fsp3) is 0.417. The Hall–Kier alpha value is -1.51. The molecule has 0 aliphatic carbocycles. The molecule has 1 aromatic carbocycles. The number of nitrogens with zero attached hydrogens (tertiary/aromatic N) is 2. The monoisotopic (exact) mass is 204 g/mol. The molecule has 0 aliphatic heterocycles. The number of hydrogen-bond donors (Lipinski definition) is 0. The van der Waals surface area contributed by atoms with E-state index in [-0.39, 0.29) is 5.69 Å². The van der Waals surface area contributed by atoms with Gasteiger partial charge in [-0.3, -0.25) is 9.13 Å². The second kappa shape index (κ2) is 3.26. The zero-order valence-electron chi connectivity index (χ0n) is 9.66. The Bertz CT molecular complexity index is 575. The number of benzene rings is 1. The van der Waals surface area contributed by atoms with E-state index in [9.17, 15) is 4.79 Å². The van der Waals surface area contributed by atoms with Crippen molar-refractivity contribution >= 4 is 11.0 Å². The minimum atomic E-state index is 0.0395. The molecule has 15 heavy (non-hydrogen) atoms. The van der Waals surface area contributed by atoms with Gasteiger partial charge in [-0.15, -0.1) is 0 Å². The van der Waals surface area contributed by atoms with Crippen LogP contribution in [-0.4, -0.2) is 9.13 Å². The molecular weight excluding hydrogens is 188 g/mol. The van der Waals surface area contributed by atoms with Crippen molar-refractivity contribution in [3.05, 3.63) is 33.7 Å². The highest BCUT2D eigenvalue weighted by atomic mass is 16.1. The van der Waals surface area contributed by atoms with Crippen LogP contribution in [0, 0.1) is 6.92 Å². The smallest absolute Gasteiger partial charge is 0.295 e. The van der Waals surface area contributed by atoms with Gasteiger partial charge in [0.15, 0.2) is 0 Å². The largest absolute Gasteiger partial charge is 0.328 e. The zero-order valence-corrected chi connectivity index (χ0v) is 9.66. The lowest BCUT2D eigenvalue weighted by atomic mass is 10.1. The maximum Gasteiger partial charge on any atom is 0.328 e. The van der Waals surface area contributed by atoms with E-state index in [0.717, 1.165) is 17.5 Å². The third kappa shape index (κ3) is 1.30. The third-order valence-electron chi connectivity index (χ3n) is 3.11. The maximum atomic E-state index is 11.7. The second-order valence-electron chi connectivity index (χ2n) is 4.02. The Morgan fingerprint density at radius 3 is 2.20 bits per heavy atom. The van der Waals surface area contributed by atoms with Crippen molar-refractivity contribution in [2.75, 3.05) is 0 Å². The highest BCUT2D eigenvalue weighted by molar-refractivity contribution is 5.78. The molecule has 3 heteroatoms. The second-order valence-corrected chi connectivity index (χ2v) is 4.02. The summed E-state index contributed by atoms with van der Waals surface area (Å²) in [5.41, 5.74) is 4.63. The average Bonchev–Trinajstić information content (AvgIpc) is 2.43. The molecule has 0 spiro atoms. The van der Waals surface area contributed by atoms with Crippen molar-refractivity contribution in [2.24, 2.45) is 14.1 Å². The number of rotatable bonds is 1. The van der Waals surface area contributed by atoms with Gasteiger partial charge in [-0.05, 0) is 36.6 Å².